The molecule has 0 spiro atoms. The largest absolute Gasteiger partial charge is 0.489 e. The molecule has 3 aromatic heterocycles. The Morgan fingerprint density at radius 1 is 1.27 bits per heavy atom. The van der Waals surface area contributed by atoms with Crippen LogP contribution in [0, 0.1) is 12.8 Å². The number of imidazole rings is 1. The Labute approximate surface area is 192 Å². The van der Waals surface area contributed by atoms with E-state index in [1.165, 1.54) is 32.1 Å². The fraction of sp³-hybridized carbons (Fsp3) is 0.583. The molecule has 2 aliphatic carbocycles. The monoisotopic (exact) mass is 453 g/mol. The molecule has 2 aliphatic rings. The number of carbonyl (C=O) groups excluding carboxylic acids is 1. The van der Waals surface area contributed by atoms with E-state index in [2.05, 4.69) is 20.5 Å². The van der Waals surface area contributed by atoms with E-state index in [-0.39, 0.29) is 24.3 Å². The third-order valence-corrected chi connectivity index (χ3v) is 6.75. The van der Waals surface area contributed by atoms with Gasteiger partial charge in [0, 0.05) is 12.1 Å². The van der Waals surface area contributed by atoms with Crippen molar-refractivity contribution in [1.82, 2.24) is 24.9 Å². The third-order valence-electron chi connectivity index (χ3n) is 6.75. The minimum absolute atomic E-state index is 0.197. The molecular formula is C24H31N5O4. The molecule has 2 fully saturated rings. The molecule has 9 heteroatoms. The standard InChI is InChI=1S/C24H31N5O4/c1-15-19(21(31)26-24(2,14-30)23-28-27-22(33-23)17-10-11-17)29-12-6-9-18(20(29)25-15)32-13-16-7-4-3-5-8-16/h6,9,12,16-17,30H,3-5,7-8,10-11,13-14H2,1-2H3,(H,26,31). The predicted octanol–water partition coefficient (Wildman–Crippen LogP) is 3.50. The Bertz CT molecular complexity index is 1150. The van der Waals surface area contributed by atoms with E-state index in [1.807, 2.05) is 12.1 Å². The zero-order chi connectivity index (χ0) is 23.0. The first kappa shape index (κ1) is 21.9. The van der Waals surface area contributed by atoms with E-state index >= 15 is 0 Å². The number of aliphatic hydroxyl groups excluding tert-OH is 1. The highest BCUT2D eigenvalue weighted by Gasteiger charge is 2.38. The first-order chi connectivity index (χ1) is 16.0. The van der Waals surface area contributed by atoms with Gasteiger partial charge in [0.2, 0.25) is 11.8 Å². The Morgan fingerprint density at radius 2 is 2.06 bits per heavy atom. The van der Waals surface area contributed by atoms with Gasteiger partial charge >= 0.3 is 0 Å². The van der Waals surface area contributed by atoms with Gasteiger partial charge in [-0.1, -0.05) is 19.3 Å². The van der Waals surface area contributed by atoms with Crippen molar-refractivity contribution in [1.29, 1.82) is 0 Å². The quantitative estimate of drug-likeness (QED) is 0.536. The van der Waals surface area contributed by atoms with Crippen LogP contribution in [0.15, 0.2) is 22.7 Å². The summed E-state index contributed by atoms with van der Waals surface area (Å²) in [6, 6.07) is 3.74. The highest BCUT2D eigenvalue weighted by molar-refractivity contribution is 5.95. The third kappa shape index (κ3) is 4.34. The molecule has 0 bridgehead atoms. The number of fused-ring (bicyclic) bond motifs is 1. The summed E-state index contributed by atoms with van der Waals surface area (Å²) in [6.45, 7) is 3.75. The van der Waals surface area contributed by atoms with E-state index in [1.54, 1.807) is 24.4 Å². The van der Waals surface area contributed by atoms with Gasteiger partial charge in [0.05, 0.1) is 18.9 Å². The predicted molar refractivity (Wildman–Crippen MR) is 120 cm³/mol. The Hall–Kier alpha value is -2.94. The molecule has 2 saturated carbocycles. The van der Waals surface area contributed by atoms with Crippen LogP contribution in [-0.4, -0.2) is 43.8 Å². The second-order valence-corrected chi connectivity index (χ2v) is 9.59. The number of aliphatic hydroxyl groups is 1. The number of amides is 1. The normalized spacial score (nSPS) is 18.9. The van der Waals surface area contributed by atoms with Crippen molar-refractivity contribution in [3.8, 4) is 5.75 Å². The lowest BCUT2D eigenvalue weighted by atomic mass is 9.90. The Kier molecular flexibility index (Phi) is 5.82. The van der Waals surface area contributed by atoms with E-state index in [0.29, 0.717) is 41.2 Å². The molecule has 176 valence electrons. The molecule has 0 saturated heterocycles. The minimum atomic E-state index is -1.21. The number of aryl methyl sites for hydroxylation is 1. The SMILES string of the molecule is Cc1nc2c(OCC3CCCCC3)cccn2c1C(=O)NC(C)(CO)c1nnc(C2CC2)o1. The number of ether oxygens (including phenoxy) is 1. The second kappa shape index (κ2) is 8.78. The van der Waals surface area contributed by atoms with Gasteiger partial charge in [0.25, 0.3) is 5.91 Å². The van der Waals surface area contributed by atoms with Crippen molar-refractivity contribution in [3.05, 3.63) is 41.5 Å². The molecule has 3 aromatic rings. The number of rotatable bonds is 8. The van der Waals surface area contributed by atoms with Crippen LogP contribution in [-0.2, 0) is 5.54 Å². The number of pyridine rings is 1. The molecule has 9 nitrogen and oxygen atoms in total. The van der Waals surface area contributed by atoms with E-state index in [9.17, 15) is 9.90 Å². The smallest absolute Gasteiger partial charge is 0.271 e. The van der Waals surface area contributed by atoms with Crippen molar-refractivity contribution in [3.63, 3.8) is 0 Å². The van der Waals surface area contributed by atoms with E-state index < -0.39 is 5.54 Å². The maximum absolute atomic E-state index is 13.3. The Morgan fingerprint density at radius 3 is 2.79 bits per heavy atom. The number of carbonyl (C=O) groups is 1. The van der Waals surface area contributed by atoms with Crippen LogP contribution < -0.4 is 10.1 Å². The van der Waals surface area contributed by atoms with Gasteiger partial charge < -0.3 is 19.6 Å². The molecule has 0 radical (unpaired) electrons. The van der Waals surface area contributed by atoms with Crippen molar-refractivity contribution < 1.29 is 19.1 Å². The van der Waals surface area contributed by atoms with Gasteiger partial charge in [-0.2, -0.15) is 0 Å². The first-order valence-electron chi connectivity index (χ1n) is 11.9. The lowest BCUT2D eigenvalue weighted by Gasteiger charge is -2.24. The molecule has 1 unspecified atom stereocenters. The molecule has 1 amide bonds. The van der Waals surface area contributed by atoms with Gasteiger partial charge in [-0.15, -0.1) is 10.2 Å². The molecule has 5 rings (SSSR count). The molecule has 0 aliphatic heterocycles. The van der Waals surface area contributed by atoms with Crippen LogP contribution in [0.3, 0.4) is 0 Å². The number of aromatic nitrogens is 4. The average Bonchev–Trinajstić information content (AvgIpc) is 3.44. The second-order valence-electron chi connectivity index (χ2n) is 9.59. The molecular weight excluding hydrogens is 422 g/mol. The number of nitrogens with one attached hydrogen (secondary N) is 1. The van der Waals surface area contributed by atoms with Crippen molar-refractivity contribution in [2.75, 3.05) is 13.2 Å². The zero-order valence-electron chi connectivity index (χ0n) is 19.2. The van der Waals surface area contributed by atoms with Crippen LogP contribution in [0.2, 0.25) is 0 Å². The number of nitrogens with zero attached hydrogens (tertiary/aromatic N) is 4. The summed E-state index contributed by atoms with van der Waals surface area (Å²) < 4.78 is 13.6. The lowest BCUT2D eigenvalue weighted by molar-refractivity contribution is 0.0803. The lowest BCUT2D eigenvalue weighted by Crippen LogP contribution is -2.47. The highest BCUT2D eigenvalue weighted by Crippen LogP contribution is 2.40. The number of hydrogen-bond acceptors (Lipinski definition) is 7. The van der Waals surface area contributed by atoms with E-state index in [0.717, 1.165) is 12.8 Å². The average molecular weight is 454 g/mol. The topological polar surface area (TPSA) is 115 Å². The van der Waals surface area contributed by atoms with Crippen LogP contribution in [0.25, 0.3) is 5.65 Å². The summed E-state index contributed by atoms with van der Waals surface area (Å²) in [4.78, 5) is 18.0. The maximum Gasteiger partial charge on any atom is 0.271 e. The molecule has 0 aromatic carbocycles. The molecule has 33 heavy (non-hydrogen) atoms. The van der Waals surface area contributed by atoms with Gasteiger partial charge in [-0.05, 0) is 57.6 Å². The van der Waals surface area contributed by atoms with Crippen molar-refractivity contribution in [2.24, 2.45) is 5.92 Å². The summed E-state index contributed by atoms with van der Waals surface area (Å²) in [5.74, 6) is 1.90. The van der Waals surface area contributed by atoms with Crippen molar-refractivity contribution >= 4 is 11.6 Å². The summed E-state index contributed by atoms with van der Waals surface area (Å²) in [5.41, 5.74) is 0.360. The molecule has 2 N–H and O–H groups in total. The van der Waals surface area contributed by atoms with Gasteiger partial charge in [-0.3, -0.25) is 9.20 Å². The van der Waals surface area contributed by atoms with Crippen LogP contribution in [0.1, 0.15) is 85.8 Å². The van der Waals surface area contributed by atoms with Gasteiger partial charge in [0.1, 0.15) is 11.2 Å². The highest BCUT2D eigenvalue weighted by atomic mass is 16.5. The zero-order valence-corrected chi connectivity index (χ0v) is 19.2. The number of hydrogen-bond donors (Lipinski definition) is 2. The minimum Gasteiger partial charge on any atom is -0.489 e. The molecule has 3 heterocycles. The fourth-order valence-corrected chi connectivity index (χ4v) is 4.53. The summed E-state index contributed by atoms with van der Waals surface area (Å²) in [5, 5.41) is 21.1. The molecule has 1 atom stereocenters. The Balaban J connectivity index is 1.37. The summed E-state index contributed by atoms with van der Waals surface area (Å²) in [7, 11) is 0. The van der Waals surface area contributed by atoms with Gasteiger partial charge in [0.15, 0.2) is 11.4 Å². The first-order valence-corrected chi connectivity index (χ1v) is 11.9. The van der Waals surface area contributed by atoms with Crippen LogP contribution >= 0.6 is 0 Å². The van der Waals surface area contributed by atoms with Gasteiger partial charge in [-0.25, -0.2) is 4.98 Å². The van der Waals surface area contributed by atoms with Crippen LogP contribution in [0.5, 0.6) is 5.75 Å². The summed E-state index contributed by atoms with van der Waals surface area (Å²) >= 11 is 0. The maximum atomic E-state index is 13.3. The summed E-state index contributed by atoms with van der Waals surface area (Å²) in [6.07, 6.45) is 10.1. The fourth-order valence-electron chi connectivity index (χ4n) is 4.53. The van der Waals surface area contributed by atoms with Crippen LogP contribution in [0.4, 0.5) is 0 Å². The van der Waals surface area contributed by atoms with Crippen molar-refractivity contribution in [2.45, 2.75) is 70.3 Å². The van der Waals surface area contributed by atoms with E-state index in [4.69, 9.17) is 9.15 Å².